The Balaban J connectivity index is 1.76. The number of rotatable bonds is 7. The van der Waals surface area contributed by atoms with Crippen LogP contribution in [0.2, 0.25) is 0 Å². The number of hydrogen-bond acceptors (Lipinski definition) is 6. The smallest absolute Gasteiger partial charge is 0.330 e. The van der Waals surface area contributed by atoms with Crippen LogP contribution in [0.25, 0.3) is 5.69 Å². The number of carbonyl (C=O) groups is 1. The topological polar surface area (TPSA) is 132 Å². The number of nitrogen functional groups attached to an aromatic ring is 1. The van der Waals surface area contributed by atoms with Crippen molar-refractivity contribution >= 4 is 17.4 Å². The van der Waals surface area contributed by atoms with Gasteiger partial charge in [0.1, 0.15) is 17.5 Å². The van der Waals surface area contributed by atoms with E-state index in [9.17, 15) is 18.8 Å². The summed E-state index contributed by atoms with van der Waals surface area (Å²) >= 11 is 0. The van der Waals surface area contributed by atoms with E-state index in [1.54, 1.807) is 6.92 Å². The Kier molecular flexibility index (Phi) is 6.58. The van der Waals surface area contributed by atoms with Gasteiger partial charge in [0.15, 0.2) is 5.69 Å². The molecule has 0 saturated heterocycles. The van der Waals surface area contributed by atoms with E-state index in [4.69, 9.17) is 5.73 Å². The third-order valence-electron chi connectivity index (χ3n) is 5.39. The lowest BCUT2D eigenvalue weighted by Crippen LogP contribution is -2.42. The first-order chi connectivity index (χ1) is 16.8. The number of carbonyl (C=O) groups excluding carboxylic acids is 1. The van der Waals surface area contributed by atoms with E-state index in [2.05, 4.69) is 15.1 Å². The van der Waals surface area contributed by atoms with E-state index >= 15 is 0 Å². The van der Waals surface area contributed by atoms with Crippen molar-refractivity contribution in [2.75, 3.05) is 17.2 Å². The Labute approximate surface area is 199 Å². The van der Waals surface area contributed by atoms with Crippen molar-refractivity contribution in [2.24, 2.45) is 0 Å². The molecule has 0 aliphatic carbocycles. The van der Waals surface area contributed by atoms with Crippen molar-refractivity contribution < 1.29 is 9.18 Å². The molecule has 0 saturated carbocycles. The lowest BCUT2D eigenvalue weighted by atomic mass is 10.2. The quantitative estimate of drug-likeness (QED) is 0.420. The average Bonchev–Trinajstić information content (AvgIpc) is 3.23. The molecule has 0 spiro atoms. The van der Waals surface area contributed by atoms with Crippen molar-refractivity contribution in [1.82, 2.24) is 24.3 Å². The summed E-state index contributed by atoms with van der Waals surface area (Å²) in [6, 6.07) is 14.7. The average molecular weight is 478 g/mol. The van der Waals surface area contributed by atoms with Crippen LogP contribution >= 0.6 is 0 Å². The summed E-state index contributed by atoms with van der Waals surface area (Å²) in [5.41, 5.74) is 5.99. The van der Waals surface area contributed by atoms with Crippen LogP contribution in [0.4, 0.5) is 15.9 Å². The maximum absolute atomic E-state index is 13.5. The van der Waals surface area contributed by atoms with Crippen molar-refractivity contribution in [3.63, 3.8) is 0 Å². The van der Waals surface area contributed by atoms with E-state index < -0.39 is 23.0 Å². The molecule has 0 fully saturated rings. The van der Waals surface area contributed by atoms with Gasteiger partial charge in [-0.3, -0.25) is 24.0 Å². The summed E-state index contributed by atoms with van der Waals surface area (Å²) in [5, 5.41) is 4.28. The van der Waals surface area contributed by atoms with Gasteiger partial charge in [-0.2, -0.15) is 0 Å². The molecular weight excluding hydrogens is 453 g/mol. The molecule has 3 N–H and O–H groups in total. The summed E-state index contributed by atoms with van der Waals surface area (Å²) in [6.45, 7) is 3.73. The van der Waals surface area contributed by atoms with E-state index in [1.165, 1.54) is 38.4 Å². The maximum Gasteiger partial charge on any atom is 0.330 e. The Morgan fingerprint density at radius 1 is 1.11 bits per heavy atom. The SMILES string of the molecule is CCCN(C(=O)c1nc(C)n(-c2ccc(F)cc2)n1)c1c(N)n(Cc2ccccc2)c(=O)[nH]c1=O. The Morgan fingerprint density at radius 2 is 1.80 bits per heavy atom. The minimum atomic E-state index is -0.784. The molecule has 10 nitrogen and oxygen atoms in total. The number of aromatic nitrogens is 5. The van der Waals surface area contributed by atoms with Gasteiger partial charge in [0.25, 0.3) is 11.5 Å². The molecule has 0 aliphatic heterocycles. The van der Waals surface area contributed by atoms with Gasteiger partial charge in [0.05, 0.1) is 12.2 Å². The number of anilines is 2. The molecule has 180 valence electrons. The number of aromatic amines is 1. The minimum Gasteiger partial charge on any atom is -0.383 e. The molecule has 0 atom stereocenters. The van der Waals surface area contributed by atoms with Crippen LogP contribution in [0.1, 0.15) is 35.4 Å². The molecule has 0 unspecified atom stereocenters. The molecule has 2 aromatic heterocycles. The lowest BCUT2D eigenvalue weighted by molar-refractivity contribution is 0.0976. The van der Waals surface area contributed by atoms with Crippen LogP contribution in [0.5, 0.6) is 0 Å². The molecule has 11 heteroatoms. The second-order valence-electron chi connectivity index (χ2n) is 7.89. The van der Waals surface area contributed by atoms with Gasteiger partial charge in [0.2, 0.25) is 5.82 Å². The third-order valence-corrected chi connectivity index (χ3v) is 5.39. The summed E-state index contributed by atoms with van der Waals surface area (Å²) in [7, 11) is 0. The standard InChI is InChI=1S/C24H24FN7O3/c1-3-13-30(23(34)21-27-15(2)32(29-21)18-11-9-17(25)10-12-18)19-20(26)31(24(35)28-22(19)33)14-16-7-5-4-6-8-16/h4-12H,3,13-14,26H2,1-2H3,(H,28,33,35). The zero-order valence-electron chi connectivity index (χ0n) is 19.2. The van der Waals surface area contributed by atoms with Crippen molar-refractivity contribution in [2.45, 2.75) is 26.8 Å². The highest BCUT2D eigenvalue weighted by molar-refractivity contribution is 6.04. The molecule has 0 bridgehead atoms. The number of benzene rings is 2. The highest BCUT2D eigenvalue weighted by Crippen LogP contribution is 2.20. The minimum absolute atomic E-state index is 0.111. The normalized spacial score (nSPS) is 10.9. The number of nitrogens with one attached hydrogen (secondary N) is 1. The molecule has 0 aliphatic rings. The van der Waals surface area contributed by atoms with Gasteiger partial charge < -0.3 is 5.73 Å². The molecule has 4 rings (SSSR count). The number of nitrogens with zero attached hydrogens (tertiary/aromatic N) is 5. The number of amides is 1. The van der Waals surface area contributed by atoms with E-state index in [-0.39, 0.29) is 30.4 Å². The third kappa shape index (κ3) is 4.74. The van der Waals surface area contributed by atoms with Gasteiger partial charge in [-0.25, -0.2) is 18.9 Å². The van der Waals surface area contributed by atoms with Gasteiger partial charge in [-0.1, -0.05) is 37.3 Å². The first-order valence-electron chi connectivity index (χ1n) is 11.0. The summed E-state index contributed by atoms with van der Waals surface area (Å²) in [5.74, 6) is -0.971. The molecule has 2 heterocycles. The fourth-order valence-electron chi connectivity index (χ4n) is 3.73. The van der Waals surface area contributed by atoms with E-state index in [1.807, 2.05) is 37.3 Å². The summed E-state index contributed by atoms with van der Waals surface area (Å²) < 4.78 is 15.9. The number of nitrogens with two attached hydrogens (primary N) is 1. The zero-order valence-corrected chi connectivity index (χ0v) is 19.2. The summed E-state index contributed by atoms with van der Waals surface area (Å²) in [4.78, 5) is 46.5. The highest BCUT2D eigenvalue weighted by Gasteiger charge is 2.28. The lowest BCUT2D eigenvalue weighted by Gasteiger charge is -2.23. The van der Waals surface area contributed by atoms with E-state index in [0.29, 0.717) is 17.9 Å². The van der Waals surface area contributed by atoms with Crippen molar-refractivity contribution in [3.8, 4) is 5.69 Å². The number of hydrogen-bond donors (Lipinski definition) is 2. The van der Waals surface area contributed by atoms with E-state index in [0.717, 1.165) is 5.56 Å². The molecule has 2 aromatic carbocycles. The first kappa shape index (κ1) is 23.6. The van der Waals surface area contributed by atoms with Crippen LogP contribution in [-0.2, 0) is 6.54 Å². The van der Waals surface area contributed by atoms with Crippen molar-refractivity contribution in [3.05, 3.63) is 98.5 Å². The van der Waals surface area contributed by atoms with Crippen LogP contribution in [0, 0.1) is 12.7 Å². The Bertz CT molecular complexity index is 1470. The Hall–Kier alpha value is -4.54. The Morgan fingerprint density at radius 3 is 2.46 bits per heavy atom. The number of halogens is 1. The summed E-state index contributed by atoms with van der Waals surface area (Å²) in [6.07, 6.45) is 0.500. The molecule has 1 amide bonds. The first-order valence-corrected chi connectivity index (χ1v) is 11.0. The van der Waals surface area contributed by atoms with Gasteiger partial charge >= 0.3 is 5.69 Å². The van der Waals surface area contributed by atoms with Crippen LogP contribution in [-0.4, -0.2) is 36.8 Å². The largest absolute Gasteiger partial charge is 0.383 e. The van der Waals surface area contributed by atoms with Crippen LogP contribution in [0.3, 0.4) is 0 Å². The number of aryl methyl sites for hydroxylation is 1. The van der Waals surface area contributed by atoms with Gasteiger partial charge in [-0.05, 0) is 43.2 Å². The van der Waals surface area contributed by atoms with Crippen LogP contribution in [0.15, 0.2) is 64.2 Å². The van der Waals surface area contributed by atoms with Crippen LogP contribution < -0.4 is 21.9 Å². The number of H-pyrrole nitrogens is 1. The fourth-order valence-corrected chi connectivity index (χ4v) is 3.73. The fraction of sp³-hybridized carbons (Fsp3) is 0.208. The predicted octanol–water partition coefficient (Wildman–Crippen LogP) is 2.25. The monoisotopic (exact) mass is 477 g/mol. The molecule has 35 heavy (non-hydrogen) atoms. The highest BCUT2D eigenvalue weighted by atomic mass is 19.1. The molecule has 4 aromatic rings. The van der Waals surface area contributed by atoms with Gasteiger partial charge in [-0.15, -0.1) is 5.10 Å². The zero-order chi connectivity index (χ0) is 25.1. The predicted molar refractivity (Wildman–Crippen MR) is 129 cm³/mol. The molecule has 0 radical (unpaired) electrons. The second-order valence-corrected chi connectivity index (χ2v) is 7.89. The van der Waals surface area contributed by atoms with Crippen molar-refractivity contribution in [1.29, 1.82) is 0 Å². The van der Waals surface area contributed by atoms with Gasteiger partial charge in [0, 0.05) is 6.54 Å². The molecular formula is C24H24FN7O3. The second kappa shape index (κ2) is 9.75. The maximum atomic E-state index is 13.5.